The van der Waals surface area contributed by atoms with Crippen LogP contribution in [0.15, 0.2) is 0 Å². The summed E-state index contributed by atoms with van der Waals surface area (Å²) < 4.78 is 0. The highest BCUT2D eigenvalue weighted by Gasteiger charge is 2.46. The first-order valence-electron chi connectivity index (χ1n) is 7.06. The number of rotatable bonds is 7. The molecular weight excluding hydrogens is 224 g/mol. The van der Waals surface area contributed by atoms with E-state index in [1.807, 2.05) is 0 Å². The lowest BCUT2D eigenvalue weighted by atomic mass is 9.75. The SMILES string of the molecule is CN(CC1(CC(=N)N)CC1)CC1(N(C)C)CCC1. The molecule has 104 valence electrons. The lowest BCUT2D eigenvalue weighted by molar-refractivity contribution is 0.0231. The van der Waals surface area contributed by atoms with Crippen LogP contribution < -0.4 is 5.73 Å². The third-order valence-electron chi connectivity index (χ3n) is 4.93. The fourth-order valence-electron chi connectivity index (χ4n) is 3.43. The van der Waals surface area contributed by atoms with E-state index in [1.54, 1.807) is 0 Å². The van der Waals surface area contributed by atoms with Crippen LogP contribution in [0.3, 0.4) is 0 Å². The molecule has 0 aliphatic heterocycles. The Morgan fingerprint density at radius 1 is 1.11 bits per heavy atom. The van der Waals surface area contributed by atoms with Gasteiger partial charge in [-0.25, -0.2) is 0 Å². The van der Waals surface area contributed by atoms with Crippen LogP contribution in [-0.4, -0.2) is 55.4 Å². The van der Waals surface area contributed by atoms with Gasteiger partial charge in [0.25, 0.3) is 0 Å². The molecule has 18 heavy (non-hydrogen) atoms. The number of likely N-dealkylation sites (N-methyl/N-ethyl adjacent to an activating group) is 2. The fraction of sp³-hybridized carbons (Fsp3) is 0.929. The molecule has 0 atom stereocenters. The van der Waals surface area contributed by atoms with Gasteiger partial charge in [0.15, 0.2) is 0 Å². The Kier molecular flexibility index (Phi) is 3.70. The summed E-state index contributed by atoms with van der Waals surface area (Å²) in [5, 5.41) is 7.48. The van der Waals surface area contributed by atoms with Gasteiger partial charge in [-0.05, 0) is 58.7 Å². The third kappa shape index (κ3) is 2.86. The molecule has 2 aliphatic rings. The topological polar surface area (TPSA) is 56.4 Å². The molecule has 0 amide bonds. The Morgan fingerprint density at radius 2 is 1.72 bits per heavy atom. The highest BCUT2D eigenvalue weighted by atomic mass is 15.2. The summed E-state index contributed by atoms with van der Waals surface area (Å²) in [4.78, 5) is 4.87. The Hall–Kier alpha value is -0.610. The predicted octanol–water partition coefficient (Wildman–Crippen LogP) is 1.51. The Bertz CT molecular complexity index is 316. The Morgan fingerprint density at radius 3 is 2.06 bits per heavy atom. The largest absolute Gasteiger partial charge is 0.388 e. The van der Waals surface area contributed by atoms with Crippen LogP contribution in [0.2, 0.25) is 0 Å². The van der Waals surface area contributed by atoms with Crippen LogP contribution in [0.5, 0.6) is 0 Å². The van der Waals surface area contributed by atoms with Gasteiger partial charge in [0.2, 0.25) is 0 Å². The molecule has 0 aromatic carbocycles. The van der Waals surface area contributed by atoms with Crippen molar-refractivity contribution >= 4 is 5.84 Å². The van der Waals surface area contributed by atoms with Crippen LogP contribution >= 0.6 is 0 Å². The molecule has 0 saturated heterocycles. The number of nitrogens with zero attached hydrogens (tertiary/aromatic N) is 2. The number of amidine groups is 1. The van der Waals surface area contributed by atoms with Gasteiger partial charge in [-0.3, -0.25) is 5.41 Å². The van der Waals surface area contributed by atoms with Gasteiger partial charge < -0.3 is 15.5 Å². The molecule has 2 aliphatic carbocycles. The summed E-state index contributed by atoms with van der Waals surface area (Å²) in [5.41, 5.74) is 6.30. The van der Waals surface area contributed by atoms with Gasteiger partial charge in [-0.15, -0.1) is 0 Å². The third-order valence-corrected chi connectivity index (χ3v) is 4.93. The van der Waals surface area contributed by atoms with E-state index in [2.05, 4.69) is 30.9 Å². The Balaban J connectivity index is 1.85. The van der Waals surface area contributed by atoms with Crippen molar-refractivity contribution in [2.75, 3.05) is 34.2 Å². The summed E-state index contributed by atoms with van der Waals surface area (Å²) in [5.74, 6) is 0.354. The van der Waals surface area contributed by atoms with Gasteiger partial charge >= 0.3 is 0 Å². The zero-order valence-corrected chi connectivity index (χ0v) is 12.1. The molecule has 0 heterocycles. The van der Waals surface area contributed by atoms with Gasteiger partial charge in [-0.1, -0.05) is 0 Å². The van der Waals surface area contributed by atoms with E-state index in [4.69, 9.17) is 11.1 Å². The highest BCUT2D eigenvalue weighted by Crippen LogP contribution is 2.49. The zero-order chi connectivity index (χ0) is 13.4. The number of hydrogen-bond donors (Lipinski definition) is 2. The molecule has 2 fully saturated rings. The van der Waals surface area contributed by atoms with E-state index in [0.29, 0.717) is 16.8 Å². The second-order valence-electron chi connectivity index (χ2n) is 6.85. The second kappa shape index (κ2) is 4.82. The van der Waals surface area contributed by atoms with Crippen LogP contribution in [0.4, 0.5) is 0 Å². The van der Waals surface area contributed by atoms with Crippen molar-refractivity contribution in [3.8, 4) is 0 Å². The molecule has 0 bridgehead atoms. The summed E-state index contributed by atoms with van der Waals surface area (Å²) in [6.07, 6.45) is 7.28. The molecule has 4 heteroatoms. The molecule has 0 unspecified atom stereocenters. The van der Waals surface area contributed by atoms with Gasteiger partial charge in [0, 0.05) is 25.0 Å². The smallest absolute Gasteiger partial charge is 0.0911 e. The molecule has 0 aromatic rings. The van der Waals surface area contributed by atoms with E-state index in [9.17, 15) is 0 Å². The van der Waals surface area contributed by atoms with Gasteiger partial charge in [0.05, 0.1) is 5.84 Å². The minimum absolute atomic E-state index is 0.331. The first kappa shape index (κ1) is 13.8. The van der Waals surface area contributed by atoms with Crippen molar-refractivity contribution in [1.82, 2.24) is 9.80 Å². The summed E-state index contributed by atoms with van der Waals surface area (Å²) in [7, 11) is 6.63. The molecule has 3 N–H and O–H groups in total. The minimum Gasteiger partial charge on any atom is -0.388 e. The van der Waals surface area contributed by atoms with Crippen molar-refractivity contribution in [1.29, 1.82) is 5.41 Å². The summed E-state index contributed by atoms with van der Waals surface area (Å²) in [6, 6.07) is 0. The first-order valence-corrected chi connectivity index (χ1v) is 7.06. The van der Waals surface area contributed by atoms with Gasteiger partial charge in [0.1, 0.15) is 0 Å². The number of nitrogens with two attached hydrogens (primary N) is 1. The van der Waals surface area contributed by atoms with Crippen LogP contribution in [-0.2, 0) is 0 Å². The van der Waals surface area contributed by atoms with Crippen molar-refractivity contribution in [2.24, 2.45) is 11.1 Å². The van der Waals surface area contributed by atoms with Crippen LogP contribution in [0, 0.1) is 10.8 Å². The zero-order valence-electron chi connectivity index (χ0n) is 12.1. The average Bonchev–Trinajstić information content (AvgIpc) is 2.89. The monoisotopic (exact) mass is 252 g/mol. The summed E-state index contributed by atoms with van der Waals surface area (Å²) >= 11 is 0. The second-order valence-corrected chi connectivity index (χ2v) is 6.85. The van der Waals surface area contributed by atoms with E-state index in [0.717, 1.165) is 19.5 Å². The Labute approximate surface area is 111 Å². The van der Waals surface area contributed by atoms with E-state index in [1.165, 1.54) is 32.1 Å². The van der Waals surface area contributed by atoms with Crippen molar-refractivity contribution in [3.05, 3.63) is 0 Å². The normalized spacial score (nSPS) is 24.1. The maximum atomic E-state index is 7.48. The quantitative estimate of drug-likeness (QED) is 0.533. The van der Waals surface area contributed by atoms with E-state index in [-0.39, 0.29) is 0 Å². The molecule has 0 aromatic heterocycles. The first-order chi connectivity index (χ1) is 8.38. The summed E-state index contributed by atoms with van der Waals surface area (Å²) in [6.45, 7) is 2.25. The van der Waals surface area contributed by atoms with Crippen molar-refractivity contribution < 1.29 is 0 Å². The van der Waals surface area contributed by atoms with E-state index >= 15 is 0 Å². The molecule has 0 spiro atoms. The minimum atomic E-state index is 0.331. The molecule has 2 saturated carbocycles. The highest BCUT2D eigenvalue weighted by molar-refractivity contribution is 5.78. The molecule has 4 nitrogen and oxygen atoms in total. The lowest BCUT2D eigenvalue weighted by Crippen LogP contribution is -2.57. The maximum Gasteiger partial charge on any atom is 0.0911 e. The lowest BCUT2D eigenvalue weighted by Gasteiger charge is -2.49. The van der Waals surface area contributed by atoms with Crippen molar-refractivity contribution in [3.63, 3.8) is 0 Å². The fourth-order valence-corrected chi connectivity index (χ4v) is 3.43. The van der Waals surface area contributed by atoms with E-state index < -0.39 is 0 Å². The predicted molar refractivity (Wildman–Crippen MR) is 76.0 cm³/mol. The van der Waals surface area contributed by atoms with Crippen LogP contribution in [0.25, 0.3) is 0 Å². The number of hydrogen-bond acceptors (Lipinski definition) is 3. The average molecular weight is 252 g/mol. The number of nitrogens with one attached hydrogen (secondary N) is 1. The molecule has 2 rings (SSSR count). The standard InChI is InChI=1S/C14H28N4/c1-17(2)14(5-4-6-14)11-18(3)10-13(7-8-13)9-12(15)16/h4-11H2,1-3H3,(H3,15,16). The molecule has 0 radical (unpaired) electrons. The van der Waals surface area contributed by atoms with Crippen LogP contribution in [0.1, 0.15) is 38.5 Å². The molecular formula is C14H28N4. The van der Waals surface area contributed by atoms with Crippen molar-refractivity contribution in [2.45, 2.75) is 44.1 Å². The van der Waals surface area contributed by atoms with Gasteiger partial charge in [-0.2, -0.15) is 0 Å². The maximum absolute atomic E-state index is 7.48.